The van der Waals surface area contributed by atoms with Gasteiger partial charge in [0.25, 0.3) is 11.8 Å². The van der Waals surface area contributed by atoms with E-state index in [0.717, 1.165) is 0 Å². The first-order valence-corrected chi connectivity index (χ1v) is 8.05. The first-order chi connectivity index (χ1) is 11.2. The summed E-state index contributed by atoms with van der Waals surface area (Å²) in [5, 5.41) is 1.87. The van der Waals surface area contributed by atoms with Gasteiger partial charge in [0.1, 0.15) is 0 Å². The Balaban J connectivity index is 2.34. The van der Waals surface area contributed by atoms with Crippen LogP contribution in [0.5, 0.6) is 0 Å². The zero-order chi connectivity index (χ0) is 17.9. The van der Waals surface area contributed by atoms with E-state index in [1.165, 1.54) is 5.01 Å². The summed E-state index contributed by atoms with van der Waals surface area (Å²) in [6.45, 7) is 7.36. The summed E-state index contributed by atoms with van der Waals surface area (Å²) >= 11 is 6.12. The molecule has 0 unspecified atom stereocenters. The summed E-state index contributed by atoms with van der Waals surface area (Å²) in [4.78, 5) is 25.4. The minimum atomic E-state index is -0.601. The molecule has 0 saturated carbocycles. The third-order valence-corrected chi connectivity index (χ3v) is 4.03. The fourth-order valence-electron chi connectivity index (χ4n) is 2.24. The molecule has 0 aliphatic heterocycles. The largest absolute Gasteiger partial charge is 0.273 e. The van der Waals surface area contributed by atoms with Gasteiger partial charge in [0.2, 0.25) is 0 Å². The van der Waals surface area contributed by atoms with Crippen molar-refractivity contribution in [1.82, 2.24) is 10.4 Å². The molecule has 0 atom stereocenters. The lowest BCUT2D eigenvalue weighted by molar-refractivity contribution is 0.0358. The number of rotatable bonds is 2. The molecule has 24 heavy (non-hydrogen) atoms. The van der Waals surface area contributed by atoms with Crippen LogP contribution in [0.4, 0.5) is 0 Å². The van der Waals surface area contributed by atoms with Gasteiger partial charge in [0.05, 0.1) is 5.54 Å². The summed E-state index contributed by atoms with van der Waals surface area (Å²) < 4.78 is 0. The summed E-state index contributed by atoms with van der Waals surface area (Å²) in [6.07, 6.45) is 0. The van der Waals surface area contributed by atoms with Gasteiger partial charge >= 0.3 is 0 Å². The molecule has 0 spiro atoms. The lowest BCUT2D eigenvalue weighted by Gasteiger charge is -2.35. The van der Waals surface area contributed by atoms with Crippen LogP contribution in [-0.4, -0.2) is 22.4 Å². The summed E-state index contributed by atoms with van der Waals surface area (Å²) in [6, 6.07) is 13.9. The molecule has 0 fully saturated rings. The zero-order valence-corrected chi connectivity index (χ0v) is 15.0. The number of hydrogen-bond acceptors (Lipinski definition) is 2. The quantitative estimate of drug-likeness (QED) is 0.828. The van der Waals surface area contributed by atoms with Gasteiger partial charge in [-0.3, -0.25) is 15.0 Å². The lowest BCUT2D eigenvalue weighted by Crippen LogP contribution is -2.56. The number of carbonyl (C=O) groups excluding carboxylic acids is 2. The van der Waals surface area contributed by atoms with Crippen molar-refractivity contribution in [3.05, 3.63) is 70.2 Å². The van der Waals surface area contributed by atoms with Crippen LogP contribution in [0, 0.1) is 6.92 Å². The fraction of sp³-hybridized carbons (Fsp3) is 0.263. The maximum absolute atomic E-state index is 13.0. The average molecular weight is 345 g/mol. The number of hydrogen-bond donors (Lipinski definition) is 1. The minimum absolute atomic E-state index is 0.299. The maximum atomic E-state index is 13.0. The number of halogens is 1. The predicted octanol–water partition coefficient (Wildman–Crippen LogP) is 4.23. The Bertz CT molecular complexity index is 752. The molecule has 126 valence electrons. The van der Waals surface area contributed by atoms with E-state index in [4.69, 9.17) is 11.6 Å². The predicted molar refractivity (Wildman–Crippen MR) is 96.0 cm³/mol. The van der Waals surface area contributed by atoms with Gasteiger partial charge < -0.3 is 0 Å². The van der Waals surface area contributed by atoms with Crippen LogP contribution in [0.25, 0.3) is 0 Å². The van der Waals surface area contributed by atoms with Gasteiger partial charge in [0.15, 0.2) is 0 Å². The van der Waals surface area contributed by atoms with E-state index in [1.807, 2.05) is 26.8 Å². The van der Waals surface area contributed by atoms with E-state index in [1.54, 1.807) is 49.4 Å². The third-order valence-electron chi connectivity index (χ3n) is 3.62. The molecule has 5 heteroatoms. The highest BCUT2D eigenvalue weighted by Gasteiger charge is 2.30. The highest BCUT2D eigenvalue weighted by atomic mass is 35.5. The first-order valence-electron chi connectivity index (χ1n) is 7.67. The van der Waals surface area contributed by atoms with E-state index in [-0.39, 0.29) is 11.8 Å². The molecule has 0 saturated heterocycles. The summed E-state index contributed by atoms with van der Waals surface area (Å²) in [7, 11) is 0. The van der Waals surface area contributed by atoms with E-state index in [0.29, 0.717) is 21.7 Å². The van der Waals surface area contributed by atoms with Crippen LogP contribution in [-0.2, 0) is 0 Å². The van der Waals surface area contributed by atoms with Gasteiger partial charge in [-0.05, 0) is 57.5 Å². The van der Waals surface area contributed by atoms with Gasteiger partial charge in [-0.1, -0.05) is 35.9 Å². The molecule has 0 aromatic heterocycles. The van der Waals surface area contributed by atoms with Crippen LogP contribution < -0.4 is 5.43 Å². The van der Waals surface area contributed by atoms with Crippen LogP contribution >= 0.6 is 11.6 Å². The Hall–Kier alpha value is -2.33. The van der Waals surface area contributed by atoms with E-state index in [2.05, 4.69) is 5.43 Å². The Morgan fingerprint density at radius 3 is 2.21 bits per heavy atom. The third kappa shape index (κ3) is 3.95. The molecule has 2 rings (SSSR count). The van der Waals surface area contributed by atoms with Gasteiger partial charge in [-0.15, -0.1) is 0 Å². The van der Waals surface area contributed by atoms with Crippen LogP contribution in [0.3, 0.4) is 0 Å². The van der Waals surface area contributed by atoms with Crippen molar-refractivity contribution in [2.75, 3.05) is 0 Å². The second-order valence-corrected chi connectivity index (χ2v) is 6.94. The molecule has 2 aromatic rings. The Labute approximate surface area is 147 Å². The molecule has 0 bridgehead atoms. The SMILES string of the molecule is Cc1c(Cl)cccc1C(=O)N(NC(=O)c1ccccc1)C(C)(C)C. The van der Waals surface area contributed by atoms with E-state index >= 15 is 0 Å². The molecule has 2 aromatic carbocycles. The highest BCUT2D eigenvalue weighted by molar-refractivity contribution is 6.31. The smallest absolute Gasteiger partial charge is 0.267 e. The van der Waals surface area contributed by atoms with Crippen LogP contribution in [0.2, 0.25) is 5.02 Å². The average Bonchev–Trinajstić information content (AvgIpc) is 2.54. The summed E-state index contributed by atoms with van der Waals surface area (Å²) in [5.41, 5.74) is 3.76. The number of benzene rings is 2. The van der Waals surface area contributed by atoms with E-state index in [9.17, 15) is 9.59 Å². The Morgan fingerprint density at radius 2 is 1.62 bits per heavy atom. The fourth-order valence-corrected chi connectivity index (χ4v) is 2.41. The molecule has 4 nitrogen and oxygen atoms in total. The first kappa shape index (κ1) is 18.0. The molecule has 0 heterocycles. The topological polar surface area (TPSA) is 49.4 Å². The number of hydrazine groups is 1. The van der Waals surface area contributed by atoms with Crippen LogP contribution in [0.15, 0.2) is 48.5 Å². The summed E-state index contributed by atoms with van der Waals surface area (Å²) in [5.74, 6) is -0.634. The maximum Gasteiger partial charge on any atom is 0.273 e. The Kier molecular flexibility index (Phi) is 5.30. The lowest BCUT2D eigenvalue weighted by atomic mass is 10.0. The number of carbonyl (C=O) groups is 2. The van der Waals surface area contributed by atoms with Gasteiger partial charge in [-0.2, -0.15) is 0 Å². The normalized spacial score (nSPS) is 11.0. The van der Waals surface area contributed by atoms with Gasteiger partial charge in [-0.25, -0.2) is 5.01 Å². The highest BCUT2D eigenvalue weighted by Crippen LogP contribution is 2.22. The minimum Gasteiger partial charge on any atom is -0.267 e. The number of nitrogens with zero attached hydrogens (tertiary/aromatic N) is 1. The van der Waals surface area contributed by atoms with Crippen molar-refractivity contribution in [2.45, 2.75) is 33.2 Å². The molecule has 1 N–H and O–H groups in total. The van der Waals surface area contributed by atoms with Crippen molar-refractivity contribution in [2.24, 2.45) is 0 Å². The van der Waals surface area contributed by atoms with Crippen molar-refractivity contribution >= 4 is 23.4 Å². The monoisotopic (exact) mass is 344 g/mol. The molecular formula is C19H21ClN2O2. The second-order valence-electron chi connectivity index (χ2n) is 6.53. The standard InChI is InChI=1S/C19H21ClN2O2/c1-13-15(11-8-12-16(13)20)18(24)22(19(2,3)4)21-17(23)14-9-6-5-7-10-14/h5-12H,1-4H3,(H,21,23). The molecule has 0 radical (unpaired) electrons. The van der Waals surface area contributed by atoms with E-state index < -0.39 is 5.54 Å². The second kappa shape index (κ2) is 7.05. The molecular weight excluding hydrogens is 324 g/mol. The Morgan fingerprint density at radius 1 is 1.00 bits per heavy atom. The molecule has 0 aliphatic carbocycles. The number of nitrogens with one attached hydrogen (secondary N) is 1. The van der Waals surface area contributed by atoms with Crippen molar-refractivity contribution in [3.63, 3.8) is 0 Å². The number of amides is 2. The zero-order valence-electron chi connectivity index (χ0n) is 14.3. The molecule has 2 amide bonds. The van der Waals surface area contributed by atoms with Crippen LogP contribution in [0.1, 0.15) is 47.1 Å². The molecule has 0 aliphatic rings. The van der Waals surface area contributed by atoms with Crippen molar-refractivity contribution in [3.8, 4) is 0 Å². The van der Waals surface area contributed by atoms with Crippen molar-refractivity contribution in [1.29, 1.82) is 0 Å². The van der Waals surface area contributed by atoms with Gasteiger partial charge in [0, 0.05) is 16.1 Å². The van der Waals surface area contributed by atoms with Crippen molar-refractivity contribution < 1.29 is 9.59 Å².